The van der Waals surface area contributed by atoms with Gasteiger partial charge in [0.2, 0.25) is 0 Å². The predicted molar refractivity (Wildman–Crippen MR) is 226 cm³/mol. The van der Waals surface area contributed by atoms with Gasteiger partial charge in [-0.15, -0.1) is 0 Å². The van der Waals surface area contributed by atoms with Gasteiger partial charge in [0.15, 0.2) is 0 Å². The van der Waals surface area contributed by atoms with Crippen LogP contribution in [0.2, 0.25) is 0 Å². The molecule has 3 nitrogen and oxygen atoms in total. The van der Waals surface area contributed by atoms with Crippen molar-refractivity contribution in [2.24, 2.45) is 0 Å². The number of rotatable bonds is 6. The first-order chi connectivity index (χ1) is 27.3. The molecule has 0 bridgehead atoms. The van der Waals surface area contributed by atoms with E-state index in [4.69, 9.17) is 9.40 Å². The molecule has 2 heterocycles. The minimum Gasteiger partial charge on any atom is -0.455 e. The summed E-state index contributed by atoms with van der Waals surface area (Å²) in [6, 6.07) is 72.1. The summed E-state index contributed by atoms with van der Waals surface area (Å²) >= 11 is 0. The maximum absolute atomic E-state index is 6.74. The Morgan fingerprint density at radius 1 is 0.436 bits per heavy atom. The van der Waals surface area contributed by atoms with E-state index in [-0.39, 0.29) is 0 Å². The lowest BCUT2D eigenvalue weighted by molar-refractivity contribution is 0.672. The Morgan fingerprint density at radius 2 is 1.04 bits per heavy atom. The summed E-state index contributed by atoms with van der Waals surface area (Å²) in [5.74, 6) is 0. The fourth-order valence-electron chi connectivity index (χ4n) is 9.01. The van der Waals surface area contributed by atoms with E-state index in [1.54, 1.807) is 0 Å². The van der Waals surface area contributed by atoms with E-state index in [9.17, 15) is 0 Å². The quantitative estimate of drug-likeness (QED) is 0.173. The molecule has 0 N–H and O–H groups in total. The topological polar surface area (TPSA) is 29.3 Å². The second kappa shape index (κ2) is 12.4. The Kier molecular flexibility index (Phi) is 7.08. The number of furan rings is 1. The SMILES string of the molecule is c1ccc(-c2ccccc2N(c2ccc3c(c2)C(c2ccccc2)(c2ccccc2)c2ccccc2-3)c2ccc3c(c2)oc2c4ccccc4ncc32)cc1. The fourth-order valence-corrected chi connectivity index (χ4v) is 9.01. The van der Waals surface area contributed by atoms with Gasteiger partial charge in [0, 0.05) is 45.4 Å². The largest absolute Gasteiger partial charge is 0.455 e. The molecular weight excluding hydrogens is 669 g/mol. The van der Waals surface area contributed by atoms with Crippen molar-refractivity contribution < 1.29 is 4.42 Å². The average molecular weight is 703 g/mol. The standard InChI is InChI=1S/C52H34N2O/c1-4-16-35(17-5-1)40-22-12-15-27-49(40)54(39-29-31-43-45-34-53-48-26-14-11-24-44(48)51(45)55-50(43)33-39)38-28-30-42-41-23-10-13-25-46(41)52(47(42)32-38,36-18-6-2-7-19-36)37-20-8-3-9-21-37/h1-34H. The highest BCUT2D eigenvalue weighted by atomic mass is 16.3. The Morgan fingerprint density at radius 3 is 1.82 bits per heavy atom. The van der Waals surface area contributed by atoms with Gasteiger partial charge in [-0.25, -0.2) is 0 Å². The van der Waals surface area contributed by atoms with Crippen LogP contribution >= 0.6 is 0 Å². The van der Waals surface area contributed by atoms with Crippen LogP contribution in [-0.4, -0.2) is 4.98 Å². The predicted octanol–water partition coefficient (Wildman–Crippen LogP) is 13.6. The van der Waals surface area contributed by atoms with Gasteiger partial charge < -0.3 is 9.32 Å². The summed E-state index contributed by atoms with van der Waals surface area (Å²) in [7, 11) is 0. The van der Waals surface area contributed by atoms with Crippen molar-refractivity contribution in [2.75, 3.05) is 4.90 Å². The highest BCUT2D eigenvalue weighted by Gasteiger charge is 2.46. The van der Waals surface area contributed by atoms with E-state index >= 15 is 0 Å². The molecule has 11 rings (SSSR count). The highest BCUT2D eigenvalue weighted by molar-refractivity contribution is 6.14. The highest BCUT2D eigenvalue weighted by Crippen LogP contribution is 2.57. The summed E-state index contributed by atoms with van der Waals surface area (Å²) in [5.41, 5.74) is 15.1. The molecule has 0 aliphatic heterocycles. The molecule has 2 aromatic heterocycles. The fraction of sp³-hybridized carbons (Fsp3) is 0.0192. The summed E-state index contributed by atoms with van der Waals surface area (Å²) in [6.45, 7) is 0. The summed E-state index contributed by atoms with van der Waals surface area (Å²) in [4.78, 5) is 7.17. The molecule has 0 unspecified atom stereocenters. The number of benzene rings is 8. The van der Waals surface area contributed by atoms with E-state index in [0.29, 0.717) is 0 Å². The van der Waals surface area contributed by atoms with E-state index in [1.165, 1.54) is 33.4 Å². The van der Waals surface area contributed by atoms with Crippen molar-refractivity contribution in [1.82, 2.24) is 4.98 Å². The first-order valence-electron chi connectivity index (χ1n) is 18.8. The van der Waals surface area contributed by atoms with Crippen LogP contribution in [0.4, 0.5) is 17.1 Å². The molecule has 10 aromatic rings. The number of nitrogens with zero attached hydrogens (tertiary/aromatic N) is 2. The second-order valence-electron chi connectivity index (χ2n) is 14.3. The normalized spacial score (nSPS) is 12.9. The number of hydrogen-bond acceptors (Lipinski definition) is 3. The minimum atomic E-state index is -0.522. The van der Waals surface area contributed by atoms with Gasteiger partial charge in [0.05, 0.1) is 16.6 Å². The van der Waals surface area contributed by atoms with E-state index < -0.39 is 5.41 Å². The maximum Gasteiger partial charge on any atom is 0.146 e. The Hall–Kier alpha value is -7.23. The van der Waals surface area contributed by atoms with Crippen LogP contribution in [0.3, 0.4) is 0 Å². The third kappa shape index (κ3) is 4.73. The molecule has 0 fully saturated rings. The molecule has 55 heavy (non-hydrogen) atoms. The molecule has 0 atom stereocenters. The van der Waals surface area contributed by atoms with Crippen LogP contribution in [0.15, 0.2) is 211 Å². The van der Waals surface area contributed by atoms with Crippen molar-refractivity contribution in [1.29, 1.82) is 0 Å². The molecule has 0 radical (unpaired) electrons. The third-order valence-corrected chi connectivity index (χ3v) is 11.4. The zero-order valence-electron chi connectivity index (χ0n) is 29.9. The molecule has 1 aliphatic rings. The molecule has 0 amide bonds. The van der Waals surface area contributed by atoms with Gasteiger partial charge in [-0.3, -0.25) is 4.98 Å². The van der Waals surface area contributed by atoms with Crippen LogP contribution in [0, 0.1) is 0 Å². The number of fused-ring (bicyclic) bond motifs is 8. The average Bonchev–Trinajstić information content (AvgIpc) is 3.78. The van der Waals surface area contributed by atoms with Crippen molar-refractivity contribution >= 4 is 49.9 Å². The minimum absolute atomic E-state index is 0.522. The monoisotopic (exact) mass is 702 g/mol. The van der Waals surface area contributed by atoms with Gasteiger partial charge in [0.25, 0.3) is 0 Å². The summed E-state index contributed by atoms with van der Waals surface area (Å²) in [5, 5.41) is 3.08. The Balaban J connectivity index is 1.20. The Labute approximate surface area is 319 Å². The zero-order chi connectivity index (χ0) is 36.3. The maximum atomic E-state index is 6.74. The number of aromatic nitrogens is 1. The van der Waals surface area contributed by atoms with E-state index in [0.717, 1.165) is 61.0 Å². The van der Waals surface area contributed by atoms with Crippen LogP contribution in [0.1, 0.15) is 22.3 Å². The van der Waals surface area contributed by atoms with Crippen molar-refractivity contribution in [3.05, 3.63) is 229 Å². The van der Waals surface area contributed by atoms with Crippen LogP contribution in [0.25, 0.3) is 55.1 Å². The third-order valence-electron chi connectivity index (χ3n) is 11.4. The molecule has 3 heteroatoms. The van der Waals surface area contributed by atoms with Gasteiger partial charge >= 0.3 is 0 Å². The first kappa shape index (κ1) is 31.3. The van der Waals surface area contributed by atoms with Crippen molar-refractivity contribution in [3.8, 4) is 22.3 Å². The van der Waals surface area contributed by atoms with Gasteiger partial charge in [0.1, 0.15) is 11.2 Å². The molecule has 0 saturated heterocycles. The molecule has 8 aromatic carbocycles. The Bertz CT molecular complexity index is 3000. The lowest BCUT2D eigenvalue weighted by atomic mass is 9.67. The number of anilines is 3. The lowest BCUT2D eigenvalue weighted by Crippen LogP contribution is -2.28. The van der Waals surface area contributed by atoms with Gasteiger partial charge in [-0.1, -0.05) is 152 Å². The van der Waals surface area contributed by atoms with Gasteiger partial charge in [-0.05, 0) is 81.4 Å². The number of hydrogen-bond donors (Lipinski definition) is 0. The number of para-hydroxylation sites is 2. The van der Waals surface area contributed by atoms with Crippen molar-refractivity contribution in [3.63, 3.8) is 0 Å². The lowest BCUT2D eigenvalue weighted by Gasteiger charge is -2.35. The van der Waals surface area contributed by atoms with E-state index in [1.807, 2.05) is 24.4 Å². The zero-order valence-corrected chi connectivity index (χ0v) is 29.9. The van der Waals surface area contributed by atoms with Gasteiger partial charge in [-0.2, -0.15) is 0 Å². The van der Waals surface area contributed by atoms with Crippen LogP contribution < -0.4 is 4.90 Å². The van der Waals surface area contributed by atoms with Crippen LogP contribution in [-0.2, 0) is 5.41 Å². The van der Waals surface area contributed by atoms with Crippen molar-refractivity contribution in [2.45, 2.75) is 5.41 Å². The first-order valence-corrected chi connectivity index (χ1v) is 18.8. The molecule has 0 spiro atoms. The molecule has 258 valence electrons. The van der Waals surface area contributed by atoms with E-state index in [2.05, 4.69) is 187 Å². The smallest absolute Gasteiger partial charge is 0.146 e. The molecule has 1 aliphatic carbocycles. The summed E-state index contributed by atoms with van der Waals surface area (Å²) < 4.78 is 6.74. The number of pyridine rings is 1. The molecular formula is C52H34N2O. The second-order valence-corrected chi connectivity index (χ2v) is 14.3. The van der Waals surface area contributed by atoms with Crippen LogP contribution in [0.5, 0.6) is 0 Å². The summed E-state index contributed by atoms with van der Waals surface area (Å²) in [6.07, 6.45) is 1.94. The molecule has 0 saturated carbocycles.